The van der Waals surface area contributed by atoms with Gasteiger partial charge in [0.05, 0.1) is 11.3 Å². The second-order valence-corrected chi connectivity index (χ2v) is 4.55. The molecular weight excluding hydrogens is 325 g/mol. The molecule has 0 unspecified atom stereocenters. The molecule has 0 fully saturated rings. The van der Waals surface area contributed by atoms with Gasteiger partial charge in [-0.25, -0.2) is 4.79 Å². The molecule has 0 spiro atoms. The molecule has 2 rings (SSSR count). The number of carboxylic acids is 1. The molecule has 0 saturated carbocycles. The van der Waals surface area contributed by atoms with E-state index in [2.05, 4.69) is 21.5 Å². The maximum Gasteiger partial charge on any atom is 0.573 e. The maximum atomic E-state index is 12.3. The first kappa shape index (κ1) is 17.2. The number of aliphatic carboxylic acids is 1. The fourth-order valence-corrected chi connectivity index (χ4v) is 1.72. The Hall–Kier alpha value is -3.16. The van der Waals surface area contributed by atoms with Crippen molar-refractivity contribution in [2.24, 2.45) is 10.2 Å². The molecule has 0 heterocycles. The third kappa shape index (κ3) is 4.67. The molecule has 1 N–H and O–H groups in total. The number of azo groups is 1. The summed E-state index contributed by atoms with van der Waals surface area (Å²) < 4.78 is 40.8. The van der Waals surface area contributed by atoms with Crippen LogP contribution in [0.2, 0.25) is 0 Å². The highest BCUT2D eigenvalue weighted by Gasteiger charge is 2.32. The average Bonchev–Trinajstić information content (AvgIpc) is 2.52. The summed E-state index contributed by atoms with van der Waals surface area (Å²) in [6.45, 7) is 3.42. The SMILES string of the molecule is C=C(C(=O)O)c1ccc(N=Nc2ccccc2OC(F)(F)F)cc1. The quantitative estimate of drug-likeness (QED) is 0.610. The summed E-state index contributed by atoms with van der Waals surface area (Å²) in [4.78, 5) is 10.8. The number of benzene rings is 2. The largest absolute Gasteiger partial charge is 0.573 e. The molecule has 2 aromatic carbocycles. The van der Waals surface area contributed by atoms with Crippen LogP contribution in [-0.2, 0) is 4.79 Å². The Morgan fingerprint density at radius 3 is 2.25 bits per heavy atom. The van der Waals surface area contributed by atoms with E-state index >= 15 is 0 Å². The topological polar surface area (TPSA) is 71.2 Å². The third-order valence-electron chi connectivity index (χ3n) is 2.84. The molecule has 0 radical (unpaired) electrons. The van der Waals surface area contributed by atoms with Crippen LogP contribution >= 0.6 is 0 Å². The van der Waals surface area contributed by atoms with Crippen molar-refractivity contribution in [1.29, 1.82) is 0 Å². The molecule has 0 saturated heterocycles. The van der Waals surface area contributed by atoms with Crippen LogP contribution in [-0.4, -0.2) is 17.4 Å². The minimum Gasteiger partial charge on any atom is -0.478 e. The van der Waals surface area contributed by atoms with Crippen molar-refractivity contribution in [3.05, 3.63) is 60.7 Å². The molecule has 0 aliphatic rings. The average molecular weight is 336 g/mol. The number of hydrogen-bond acceptors (Lipinski definition) is 4. The number of rotatable bonds is 5. The molecule has 0 aliphatic heterocycles. The first-order valence-electron chi connectivity index (χ1n) is 6.55. The molecule has 5 nitrogen and oxygen atoms in total. The van der Waals surface area contributed by atoms with E-state index in [9.17, 15) is 18.0 Å². The van der Waals surface area contributed by atoms with E-state index in [0.717, 1.165) is 6.07 Å². The lowest BCUT2D eigenvalue weighted by atomic mass is 10.1. The predicted molar refractivity (Wildman–Crippen MR) is 80.4 cm³/mol. The van der Waals surface area contributed by atoms with E-state index in [1.54, 1.807) is 0 Å². The minimum absolute atomic E-state index is 0.0811. The van der Waals surface area contributed by atoms with Gasteiger partial charge in [0.1, 0.15) is 5.69 Å². The number of halogens is 3. The fourth-order valence-electron chi connectivity index (χ4n) is 1.72. The Kier molecular flexibility index (Phi) is 4.98. The number of hydrogen-bond donors (Lipinski definition) is 1. The lowest BCUT2D eigenvalue weighted by Crippen LogP contribution is -2.17. The normalized spacial score (nSPS) is 11.5. The van der Waals surface area contributed by atoms with Gasteiger partial charge in [-0.3, -0.25) is 0 Å². The van der Waals surface area contributed by atoms with Crippen LogP contribution < -0.4 is 4.74 Å². The highest BCUT2D eigenvalue weighted by Crippen LogP contribution is 2.33. The van der Waals surface area contributed by atoms with Crippen LogP contribution in [0.3, 0.4) is 0 Å². The minimum atomic E-state index is -4.83. The summed E-state index contributed by atoms with van der Waals surface area (Å²) in [6.07, 6.45) is -4.83. The lowest BCUT2D eigenvalue weighted by Gasteiger charge is -2.09. The number of ether oxygens (including phenoxy) is 1. The lowest BCUT2D eigenvalue weighted by molar-refractivity contribution is -0.274. The first-order valence-corrected chi connectivity index (χ1v) is 6.55. The van der Waals surface area contributed by atoms with Crippen LogP contribution in [0, 0.1) is 0 Å². The van der Waals surface area contributed by atoms with Gasteiger partial charge in [-0.1, -0.05) is 30.8 Å². The summed E-state index contributed by atoms with van der Waals surface area (Å²) in [5.41, 5.74) is 0.553. The molecule has 0 amide bonds. The number of para-hydroxylation sites is 1. The van der Waals surface area contributed by atoms with Crippen molar-refractivity contribution in [3.8, 4) is 5.75 Å². The van der Waals surface area contributed by atoms with Gasteiger partial charge in [-0.2, -0.15) is 5.11 Å². The van der Waals surface area contributed by atoms with Gasteiger partial charge in [0.2, 0.25) is 0 Å². The molecular formula is C16H11F3N2O3. The molecule has 2 aromatic rings. The Balaban J connectivity index is 2.20. The molecule has 0 aliphatic carbocycles. The van der Waals surface area contributed by atoms with Gasteiger partial charge in [0.15, 0.2) is 5.75 Å². The zero-order valence-corrected chi connectivity index (χ0v) is 12.1. The molecule has 8 heteroatoms. The van der Waals surface area contributed by atoms with E-state index in [1.807, 2.05) is 0 Å². The van der Waals surface area contributed by atoms with Gasteiger partial charge < -0.3 is 9.84 Å². The summed E-state index contributed by atoms with van der Waals surface area (Å²) >= 11 is 0. The molecule has 0 aromatic heterocycles. The Morgan fingerprint density at radius 2 is 1.67 bits per heavy atom. The highest BCUT2D eigenvalue weighted by molar-refractivity contribution is 6.14. The number of carboxylic acid groups (broad SMARTS) is 1. The fraction of sp³-hybridized carbons (Fsp3) is 0.0625. The van der Waals surface area contributed by atoms with E-state index in [0.29, 0.717) is 11.3 Å². The molecule has 0 atom stereocenters. The van der Waals surface area contributed by atoms with Crippen LogP contribution in [0.4, 0.5) is 24.5 Å². The van der Waals surface area contributed by atoms with Crippen molar-refractivity contribution in [2.75, 3.05) is 0 Å². The Morgan fingerprint density at radius 1 is 1.04 bits per heavy atom. The van der Waals surface area contributed by atoms with E-state index in [4.69, 9.17) is 5.11 Å². The number of nitrogens with zero attached hydrogens (tertiary/aromatic N) is 2. The standard InChI is InChI=1S/C16H11F3N2O3/c1-10(15(22)23)11-6-8-12(9-7-11)20-21-13-4-2-3-5-14(13)24-16(17,18)19/h2-9H,1H2,(H,22,23). The first-order chi connectivity index (χ1) is 11.3. The van der Waals surface area contributed by atoms with Crippen LogP contribution in [0.15, 0.2) is 65.3 Å². The second-order valence-electron chi connectivity index (χ2n) is 4.55. The maximum absolute atomic E-state index is 12.3. The second kappa shape index (κ2) is 6.95. The Bertz CT molecular complexity index is 784. The van der Waals surface area contributed by atoms with Crippen molar-refractivity contribution in [3.63, 3.8) is 0 Å². The van der Waals surface area contributed by atoms with Gasteiger partial charge >= 0.3 is 12.3 Å². The highest BCUT2D eigenvalue weighted by atomic mass is 19.4. The summed E-state index contributed by atoms with van der Waals surface area (Å²) in [5.74, 6) is -1.62. The van der Waals surface area contributed by atoms with Crippen molar-refractivity contribution < 1.29 is 27.8 Å². The summed E-state index contributed by atoms with van der Waals surface area (Å²) in [6, 6.07) is 11.2. The smallest absolute Gasteiger partial charge is 0.478 e. The molecule has 124 valence electrons. The zero-order valence-electron chi connectivity index (χ0n) is 12.1. The summed E-state index contributed by atoms with van der Waals surface area (Å²) in [7, 11) is 0. The van der Waals surface area contributed by atoms with Crippen LogP contribution in [0.1, 0.15) is 5.56 Å². The van der Waals surface area contributed by atoms with Gasteiger partial charge in [-0.05, 0) is 29.8 Å². The monoisotopic (exact) mass is 336 g/mol. The zero-order chi connectivity index (χ0) is 17.7. The number of alkyl halides is 3. The molecule has 0 bridgehead atoms. The van der Waals surface area contributed by atoms with E-state index in [1.165, 1.54) is 42.5 Å². The van der Waals surface area contributed by atoms with Gasteiger partial charge in [-0.15, -0.1) is 18.3 Å². The van der Waals surface area contributed by atoms with Crippen molar-refractivity contribution in [2.45, 2.75) is 6.36 Å². The van der Waals surface area contributed by atoms with Crippen molar-refractivity contribution in [1.82, 2.24) is 0 Å². The van der Waals surface area contributed by atoms with Crippen LogP contribution in [0.5, 0.6) is 5.75 Å². The van der Waals surface area contributed by atoms with Crippen molar-refractivity contribution >= 4 is 22.9 Å². The van der Waals surface area contributed by atoms with Crippen LogP contribution in [0.25, 0.3) is 5.57 Å². The third-order valence-corrected chi connectivity index (χ3v) is 2.84. The summed E-state index contributed by atoms with van der Waals surface area (Å²) in [5, 5.41) is 16.4. The van der Waals surface area contributed by atoms with E-state index < -0.39 is 18.1 Å². The van der Waals surface area contributed by atoms with Gasteiger partial charge in [0, 0.05) is 0 Å². The van der Waals surface area contributed by atoms with Gasteiger partial charge in [0.25, 0.3) is 0 Å². The predicted octanol–water partition coefficient (Wildman–Crippen LogP) is 5.10. The Labute approximate surface area is 134 Å². The number of carbonyl (C=O) groups is 1. The molecule has 24 heavy (non-hydrogen) atoms. The van der Waals surface area contributed by atoms with E-state index in [-0.39, 0.29) is 11.3 Å².